The van der Waals surface area contributed by atoms with E-state index in [1.807, 2.05) is 21.5 Å². The van der Waals surface area contributed by atoms with Crippen molar-refractivity contribution in [3.8, 4) is 32.3 Å². The Hall–Kier alpha value is -6.09. The number of ketones is 2. The predicted molar refractivity (Wildman–Crippen MR) is 229 cm³/mol. The molecule has 8 nitrogen and oxygen atoms in total. The number of Topliss-reactive ketones (excluding diaryl/α,β-unsaturated/α-hetero) is 2. The average molecular weight is 879 g/mol. The van der Waals surface area contributed by atoms with Crippen molar-refractivity contribution in [2.24, 2.45) is 0 Å². The summed E-state index contributed by atoms with van der Waals surface area (Å²) < 4.78 is 59.7. The molecule has 0 spiro atoms. The molecule has 4 aromatic heterocycles. The molecule has 10 rings (SSSR count). The summed E-state index contributed by atoms with van der Waals surface area (Å²) in [6, 6.07) is 19.7. The molecule has 0 atom stereocenters. The largest absolute Gasteiger partial charge is 0.306 e. The number of thiazole rings is 2. The molecule has 0 bridgehead atoms. The van der Waals surface area contributed by atoms with Gasteiger partial charge in [-0.05, 0) is 109 Å². The van der Waals surface area contributed by atoms with Gasteiger partial charge in [0.15, 0.2) is 21.6 Å². The van der Waals surface area contributed by atoms with Crippen molar-refractivity contribution in [2.75, 3.05) is 0 Å². The molecule has 0 saturated carbocycles. The Morgan fingerprint density at radius 2 is 0.984 bits per heavy atom. The maximum Gasteiger partial charge on any atom is 0.195 e. The molecule has 61 heavy (non-hydrogen) atoms. The summed E-state index contributed by atoms with van der Waals surface area (Å²) >= 11 is 2.61. The molecule has 15 heteroatoms. The van der Waals surface area contributed by atoms with Gasteiger partial charge in [-0.3, -0.25) is 9.59 Å². The van der Waals surface area contributed by atoms with Crippen molar-refractivity contribution in [3.05, 3.63) is 177 Å². The van der Waals surface area contributed by atoms with Gasteiger partial charge in [0.1, 0.15) is 23.3 Å². The van der Waals surface area contributed by atoms with Gasteiger partial charge in [-0.1, -0.05) is 24.3 Å². The third-order valence-corrected chi connectivity index (χ3v) is 13.0. The molecule has 0 aliphatic heterocycles. The van der Waals surface area contributed by atoms with E-state index in [1.165, 1.54) is 45.9 Å². The fourth-order valence-electron chi connectivity index (χ4n) is 7.60. The van der Waals surface area contributed by atoms with Gasteiger partial charge in [0.2, 0.25) is 0 Å². The molecule has 2 aliphatic rings. The molecule has 0 radical (unpaired) electrons. The summed E-state index contributed by atoms with van der Waals surface area (Å²) in [4.78, 5) is 44.8. The Bertz CT molecular complexity index is 2660. The first-order valence-electron chi connectivity index (χ1n) is 19.3. The summed E-state index contributed by atoms with van der Waals surface area (Å²) in [6.45, 7) is 0. The van der Waals surface area contributed by atoms with Crippen molar-refractivity contribution in [1.29, 1.82) is 0 Å². The van der Waals surface area contributed by atoms with Gasteiger partial charge in [-0.15, -0.1) is 35.1 Å². The highest BCUT2D eigenvalue weighted by Crippen LogP contribution is 2.40. The molecule has 2 aliphatic carbocycles. The molecule has 0 fully saturated rings. The number of aryl methyl sites for hydroxylation is 4. The minimum Gasteiger partial charge on any atom is -0.306 e. The maximum atomic E-state index is 14.0. The van der Waals surface area contributed by atoms with E-state index in [0.717, 1.165) is 106 Å². The van der Waals surface area contributed by atoms with Crippen LogP contribution in [0.3, 0.4) is 0 Å². The molecule has 0 saturated heterocycles. The lowest BCUT2D eigenvalue weighted by Gasteiger charge is -2.09. The molecule has 0 N–H and O–H groups in total. The number of aromatic nitrogens is 6. The Labute approximate surface area is 362 Å². The van der Waals surface area contributed by atoms with Crippen LogP contribution in [0.15, 0.2) is 110 Å². The van der Waals surface area contributed by atoms with E-state index in [0.29, 0.717) is 10.0 Å². The van der Waals surface area contributed by atoms with Crippen LogP contribution in [0, 0.1) is 23.3 Å². The van der Waals surface area contributed by atoms with Crippen LogP contribution in [0.25, 0.3) is 32.3 Å². The van der Waals surface area contributed by atoms with Gasteiger partial charge >= 0.3 is 0 Å². The summed E-state index contributed by atoms with van der Waals surface area (Å²) in [5.74, 6) is -3.59. The van der Waals surface area contributed by atoms with Crippen molar-refractivity contribution >= 4 is 46.6 Å². The Morgan fingerprint density at radius 1 is 0.574 bits per heavy atom. The zero-order valence-electron chi connectivity index (χ0n) is 32.3. The molecule has 0 amide bonds. The Morgan fingerprint density at radius 3 is 1.36 bits per heavy atom. The van der Waals surface area contributed by atoms with Crippen LogP contribution in [0.1, 0.15) is 66.1 Å². The smallest absolute Gasteiger partial charge is 0.195 e. The van der Waals surface area contributed by atoms with Gasteiger partial charge in [-0.25, -0.2) is 37.5 Å². The Kier molecular flexibility index (Phi) is 12.2. The van der Waals surface area contributed by atoms with Crippen molar-refractivity contribution in [1.82, 2.24) is 29.1 Å². The number of benzene rings is 4. The fraction of sp³-hybridized carbons (Fsp3) is 0.174. The molecule has 4 aromatic carbocycles. The standard InChI is InChI=1S/2C23H17F2N3OS.ClH/c2*24-18-4-2-5-19(25)17(18)12-21(29)23-27-20-6-1-3-14-7-8-15(28-10-9-26-13-28)11-16(14)22(20)30-23;/h2*2,4-5,7-11,13H,1,3,6,12H2;1H. The summed E-state index contributed by atoms with van der Waals surface area (Å²) in [6.07, 6.45) is 15.3. The lowest BCUT2D eigenvalue weighted by Crippen LogP contribution is -2.07. The number of fused-ring (bicyclic) bond motifs is 6. The minimum absolute atomic E-state index is 0. The molecule has 4 heterocycles. The van der Waals surface area contributed by atoms with Crippen LogP contribution in [0.5, 0.6) is 0 Å². The van der Waals surface area contributed by atoms with E-state index in [9.17, 15) is 27.2 Å². The molecule has 308 valence electrons. The Balaban J connectivity index is 0.000000166. The highest BCUT2D eigenvalue weighted by atomic mass is 35.5. The van der Waals surface area contributed by atoms with E-state index in [2.05, 4.69) is 56.3 Å². The minimum atomic E-state index is -0.711. The van der Waals surface area contributed by atoms with Crippen LogP contribution in [-0.2, 0) is 38.5 Å². The number of carbonyl (C=O) groups is 2. The SMILES string of the molecule is Cl.O=C(Cc1c(F)cccc1F)c1nc2c(s1)-c1cc(-n3ccnc3)ccc1CCC2.O=C(Cc1c(F)cccc1F)c1nc2c(s1)-c1cc(-n3ccnc3)ccc1CCC2. The zero-order chi connectivity index (χ0) is 41.3. The van der Waals surface area contributed by atoms with Crippen molar-refractivity contribution < 1.29 is 27.2 Å². The number of halogens is 5. The van der Waals surface area contributed by atoms with E-state index in [4.69, 9.17) is 0 Å². The van der Waals surface area contributed by atoms with E-state index < -0.39 is 23.3 Å². The van der Waals surface area contributed by atoms with Gasteiger partial charge in [0.05, 0.1) is 33.8 Å². The number of hydrogen-bond acceptors (Lipinski definition) is 8. The highest BCUT2D eigenvalue weighted by Gasteiger charge is 2.26. The predicted octanol–water partition coefficient (Wildman–Crippen LogP) is 10.8. The first-order chi connectivity index (χ1) is 29.2. The first-order valence-corrected chi connectivity index (χ1v) is 21.0. The van der Waals surface area contributed by atoms with E-state index in [1.54, 1.807) is 25.0 Å². The number of rotatable bonds is 8. The average Bonchev–Trinajstić information content (AvgIpc) is 4.08. The first kappa shape index (κ1) is 41.6. The topological polar surface area (TPSA) is 95.6 Å². The van der Waals surface area contributed by atoms with Crippen molar-refractivity contribution in [3.63, 3.8) is 0 Å². The van der Waals surface area contributed by atoms with Gasteiger partial charge in [-0.2, -0.15) is 0 Å². The lowest BCUT2D eigenvalue weighted by atomic mass is 10.0. The lowest BCUT2D eigenvalue weighted by molar-refractivity contribution is 0.0982. The van der Waals surface area contributed by atoms with Crippen LogP contribution in [-0.4, -0.2) is 40.6 Å². The van der Waals surface area contributed by atoms with Gasteiger partial charge < -0.3 is 9.13 Å². The number of hydrogen-bond donors (Lipinski definition) is 0. The monoisotopic (exact) mass is 878 g/mol. The normalized spacial score (nSPS) is 12.7. The van der Waals surface area contributed by atoms with Crippen LogP contribution in [0.2, 0.25) is 0 Å². The van der Waals surface area contributed by atoms with E-state index in [-0.39, 0.29) is 47.9 Å². The summed E-state index contributed by atoms with van der Waals surface area (Å²) in [5, 5.41) is 0.590. The molecular formula is C46H35ClF4N6O2S2. The number of imidazole rings is 2. The molecule has 0 unspecified atom stereocenters. The second kappa shape index (κ2) is 17.9. The van der Waals surface area contributed by atoms with Crippen molar-refractivity contribution in [2.45, 2.75) is 51.4 Å². The summed E-state index contributed by atoms with van der Waals surface area (Å²) in [7, 11) is 0. The van der Waals surface area contributed by atoms with Crippen LogP contribution in [0.4, 0.5) is 17.6 Å². The van der Waals surface area contributed by atoms with Crippen LogP contribution < -0.4 is 0 Å². The quantitative estimate of drug-likeness (QED) is 0.111. The number of nitrogens with zero attached hydrogens (tertiary/aromatic N) is 6. The van der Waals surface area contributed by atoms with E-state index >= 15 is 0 Å². The second-order valence-electron chi connectivity index (χ2n) is 14.5. The summed E-state index contributed by atoms with van der Waals surface area (Å²) in [5.41, 5.74) is 7.82. The molecular weight excluding hydrogens is 844 g/mol. The van der Waals surface area contributed by atoms with Gasteiger partial charge in [0.25, 0.3) is 0 Å². The maximum absolute atomic E-state index is 14.0. The third-order valence-electron chi connectivity index (χ3n) is 10.7. The van der Waals surface area contributed by atoms with Gasteiger partial charge in [0, 0.05) is 60.1 Å². The number of carbonyl (C=O) groups excluding carboxylic acids is 2. The fourth-order valence-corrected chi connectivity index (χ4v) is 9.80. The second-order valence-corrected chi connectivity index (χ2v) is 16.5. The zero-order valence-corrected chi connectivity index (χ0v) is 34.7. The highest BCUT2D eigenvalue weighted by molar-refractivity contribution is 7.17. The van der Waals surface area contributed by atoms with Crippen LogP contribution >= 0.6 is 35.1 Å². The third kappa shape index (κ3) is 8.61. The molecule has 8 aromatic rings.